The Morgan fingerprint density at radius 3 is 2.67 bits per heavy atom. The molecule has 6 aromatic rings. The van der Waals surface area contributed by atoms with Crippen LogP contribution in [-0.4, -0.2) is 38.7 Å². The van der Waals surface area contributed by atoms with Gasteiger partial charge in [0.15, 0.2) is 17.1 Å². The van der Waals surface area contributed by atoms with Gasteiger partial charge in [-0.2, -0.15) is 23.3 Å². The summed E-state index contributed by atoms with van der Waals surface area (Å²) in [7, 11) is 1.57. The predicted octanol–water partition coefficient (Wildman–Crippen LogP) is 4.77. The number of halogens is 4. The Balaban J connectivity index is 1.41. The summed E-state index contributed by atoms with van der Waals surface area (Å²) >= 11 is 6.63. The van der Waals surface area contributed by atoms with Crippen molar-refractivity contribution in [2.24, 2.45) is 7.05 Å². The standard InChI is InChI=1S/C24H15ClF3N9O2/c1-35-20-19(25)18(39-17-11-32-37-6-5-30-9-16(17)37)10-31-21(20)34-23(35)33-15-7-13(24(26,27)28)12-36(22(15)38)14-3-2-4-29-8-14/h2-12H,1H3,(H,31,33,34). The fourth-order valence-corrected chi connectivity index (χ4v) is 4.24. The third-order valence-corrected chi connectivity index (χ3v) is 6.19. The van der Waals surface area contributed by atoms with Crippen molar-refractivity contribution in [3.05, 3.63) is 88.7 Å². The number of alkyl halides is 3. The lowest BCUT2D eigenvalue weighted by Crippen LogP contribution is -2.24. The molecule has 6 aromatic heterocycles. The lowest BCUT2D eigenvalue weighted by molar-refractivity contribution is -0.137. The van der Waals surface area contributed by atoms with Crippen molar-refractivity contribution in [2.45, 2.75) is 6.18 Å². The van der Waals surface area contributed by atoms with E-state index < -0.39 is 17.3 Å². The Labute approximate surface area is 221 Å². The summed E-state index contributed by atoms with van der Waals surface area (Å²) in [6.07, 6.45) is 6.39. The number of imidazole rings is 1. The van der Waals surface area contributed by atoms with Gasteiger partial charge in [0.2, 0.25) is 5.95 Å². The van der Waals surface area contributed by atoms with Gasteiger partial charge in [-0.3, -0.25) is 19.3 Å². The summed E-state index contributed by atoms with van der Waals surface area (Å²) in [4.78, 5) is 29.7. The van der Waals surface area contributed by atoms with Crippen molar-refractivity contribution in [3.63, 3.8) is 0 Å². The second-order valence-corrected chi connectivity index (χ2v) is 8.65. The number of aryl methyl sites for hydroxylation is 1. The molecule has 0 atom stereocenters. The topological polar surface area (TPSA) is 117 Å². The van der Waals surface area contributed by atoms with Crippen LogP contribution in [0.2, 0.25) is 5.02 Å². The Hall–Kier alpha value is -4.98. The van der Waals surface area contributed by atoms with E-state index in [1.165, 1.54) is 41.5 Å². The summed E-state index contributed by atoms with van der Waals surface area (Å²) in [6.45, 7) is 0. The summed E-state index contributed by atoms with van der Waals surface area (Å²) in [5.74, 6) is 0.605. The number of fused-ring (bicyclic) bond motifs is 2. The van der Waals surface area contributed by atoms with Gasteiger partial charge in [-0.15, -0.1) is 0 Å². The lowest BCUT2D eigenvalue weighted by Gasteiger charge is -2.14. The molecule has 11 nitrogen and oxygen atoms in total. The van der Waals surface area contributed by atoms with Crippen molar-refractivity contribution < 1.29 is 17.9 Å². The summed E-state index contributed by atoms with van der Waals surface area (Å²) in [5, 5.41) is 7.03. The molecule has 0 bridgehead atoms. The summed E-state index contributed by atoms with van der Waals surface area (Å²) < 4.78 is 50.9. The van der Waals surface area contributed by atoms with Gasteiger partial charge in [0, 0.05) is 31.8 Å². The number of nitrogens with one attached hydrogen (secondary N) is 1. The van der Waals surface area contributed by atoms with Gasteiger partial charge in [-0.25, -0.2) is 9.50 Å². The molecule has 0 spiro atoms. The van der Waals surface area contributed by atoms with E-state index >= 15 is 0 Å². The highest BCUT2D eigenvalue weighted by Gasteiger charge is 2.33. The maximum Gasteiger partial charge on any atom is 0.417 e. The van der Waals surface area contributed by atoms with Gasteiger partial charge in [-0.1, -0.05) is 11.6 Å². The molecule has 0 saturated heterocycles. The fourth-order valence-electron chi connectivity index (χ4n) is 3.94. The number of ether oxygens (including phenoxy) is 1. The number of pyridine rings is 3. The van der Waals surface area contributed by atoms with E-state index in [9.17, 15) is 18.0 Å². The zero-order chi connectivity index (χ0) is 27.3. The predicted molar refractivity (Wildman–Crippen MR) is 135 cm³/mol. The van der Waals surface area contributed by atoms with E-state index in [1.54, 1.807) is 30.2 Å². The highest BCUT2D eigenvalue weighted by atomic mass is 35.5. The number of aromatic nitrogens is 8. The number of hydrogen-bond donors (Lipinski definition) is 1. The van der Waals surface area contributed by atoms with Crippen molar-refractivity contribution in [3.8, 4) is 17.2 Å². The Bertz CT molecular complexity index is 1920. The van der Waals surface area contributed by atoms with Gasteiger partial charge in [0.1, 0.15) is 21.7 Å². The van der Waals surface area contributed by atoms with Gasteiger partial charge >= 0.3 is 6.18 Å². The average molecular weight is 554 g/mol. The third kappa shape index (κ3) is 4.29. The van der Waals surface area contributed by atoms with Crippen molar-refractivity contribution in [1.29, 1.82) is 0 Å². The molecule has 0 aromatic carbocycles. The molecular weight excluding hydrogens is 539 g/mol. The largest absolute Gasteiger partial charge is 0.450 e. The van der Waals surface area contributed by atoms with Crippen LogP contribution in [0.4, 0.5) is 24.8 Å². The molecule has 0 amide bonds. The monoisotopic (exact) mass is 553 g/mol. The normalized spacial score (nSPS) is 11.8. The lowest BCUT2D eigenvalue weighted by atomic mass is 10.2. The third-order valence-electron chi connectivity index (χ3n) is 5.83. The van der Waals surface area contributed by atoms with E-state index in [4.69, 9.17) is 16.3 Å². The minimum Gasteiger partial charge on any atom is -0.450 e. The van der Waals surface area contributed by atoms with E-state index in [1.807, 2.05) is 0 Å². The Morgan fingerprint density at radius 2 is 1.90 bits per heavy atom. The zero-order valence-corrected chi connectivity index (χ0v) is 20.5. The number of hydrogen-bond acceptors (Lipinski definition) is 8. The second-order valence-electron chi connectivity index (χ2n) is 8.27. The maximum absolute atomic E-state index is 13.7. The van der Waals surface area contributed by atoms with Gasteiger partial charge < -0.3 is 14.6 Å². The molecule has 0 aliphatic rings. The first-order chi connectivity index (χ1) is 18.7. The number of rotatable bonds is 5. The molecule has 0 radical (unpaired) electrons. The highest BCUT2D eigenvalue weighted by molar-refractivity contribution is 6.36. The van der Waals surface area contributed by atoms with Crippen LogP contribution < -0.4 is 15.6 Å². The van der Waals surface area contributed by atoms with E-state index in [-0.39, 0.29) is 33.7 Å². The van der Waals surface area contributed by atoms with Crippen LogP contribution >= 0.6 is 11.6 Å². The number of nitrogens with zero attached hydrogens (tertiary/aromatic N) is 8. The minimum absolute atomic E-state index is 0.0332. The van der Waals surface area contributed by atoms with E-state index in [0.29, 0.717) is 16.8 Å². The molecule has 15 heteroatoms. The molecule has 0 unspecified atom stereocenters. The molecule has 6 rings (SSSR count). The van der Waals surface area contributed by atoms with Crippen molar-refractivity contribution in [2.75, 3.05) is 5.32 Å². The molecule has 0 fully saturated rings. The second kappa shape index (κ2) is 9.09. The first-order valence-electron chi connectivity index (χ1n) is 11.2. The van der Waals surface area contributed by atoms with Crippen LogP contribution in [-0.2, 0) is 13.2 Å². The van der Waals surface area contributed by atoms with E-state index in [2.05, 4.69) is 30.4 Å². The molecule has 1 N–H and O–H groups in total. The molecule has 0 aliphatic heterocycles. The van der Waals surface area contributed by atoms with Crippen LogP contribution in [0.3, 0.4) is 0 Å². The van der Waals surface area contributed by atoms with Crippen LogP contribution in [0.15, 0.2) is 72.6 Å². The quantitative estimate of drug-likeness (QED) is 0.325. The zero-order valence-electron chi connectivity index (χ0n) is 19.8. The molecule has 196 valence electrons. The van der Waals surface area contributed by atoms with Crippen LogP contribution in [0.25, 0.3) is 22.4 Å². The molecule has 39 heavy (non-hydrogen) atoms. The molecule has 0 saturated carbocycles. The van der Waals surface area contributed by atoms with Crippen LogP contribution in [0.5, 0.6) is 11.5 Å². The first kappa shape index (κ1) is 24.4. The smallest absolute Gasteiger partial charge is 0.417 e. The van der Waals surface area contributed by atoms with Gasteiger partial charge in [0.05, 0.1) is 36.0 Å². The molecular formula is C24H15ClF3N9O2. The fraction of sp³-hybridized carbons (Fsp3) is 0.0833. The van der Waals surface area contributed by atoms with Crippen molar-refractivity contribution >= 4 is 39.9 Å². The Morgan fingerprint density at radius 1 is 1.08 bits per heavy atom. The first-order valence-corrected chi connectivity index (χ1v) is 11.6. The summed E-state index contributed by atoms with van der Waals surface area (Å²) in [5.41, 5.74) is -0.885. The van der Waals surface area contributed by atoms with Crippen molar-refractivity contribution in [1.82, 2.24) is 38.7 Å². The van der Waals surface area contributed by atoms with Gasteiger partial charge in [-0.05, 0) is 18.2 Å². The summed E-state index contributed by atoms with van der Waals surface area (Å²) in [6, 6.07) is 3.70. The Kier molecular flexibility index (Phi) is 5.68. The molecule has 6 heterocycles. The maximum atomic E-state index is 13.7. The SMILES string of the molecule is Cn1c(Nc2cc(C(F)(F)F)cn(-c3cccnc3)c2=O)nc2ncc(Oc3cnn4ccncc34)c(Cl)c21. The minimum atomic E-state index is -4.72. The number of anilines is 2. The van der Waals surface area contributed by atoms with Crippen LogP contribution in [0, 0.1) is 0 Å². The highest BCUT2D eigenvalue weighted by Crippen LogP contribution is 2.37. The van der Waals surface area contributed by atoms with Gasteiger partial charge in [0.25, 0.3) is 5.56 Å². The van der Waals surface area contributed by atoms with Crippen LogP contribution in [0.1, 0.15) is 5.56 Å². The van der Waals surface area contributed by atoms with E-state index in [0.717, 1.165) is 16.8 Å². The average Bonchev–Trinajstić information content (AvgIpc) is 3.47. The molecule has 0 aliphatic carbocycles.